The molecule has 4 heteroatoms. The van der Waals surface area contributed by atoms with Crippen LogP contribution in [0.3, 0.4) is 0 Å². The van der Waals surface area contributed by atoms with Crippen LogP contribution in [0, 0.1) is 0 Å². The van der Waals surface area contributed by atoms with Crippen molar-refractivity contribution in [2.45, 2.75) is 0 Å². The molecule has 2 heterocycles. The lowest BCUT2D eigenvalue weighted by Crippen LogP contribution is -2.01. The molecule has 49 heavy (non-hydrogen) atoms. The van der Waals surface area contributed by atoms with Crippen molar-refractivity contribution in [3.63, 3.8) is 0 Å². The second-order valence-electron chi connectivity index (χ2n) is 12.0. The predicted octanol–water partition coefficient (Wildman–Crippen LogP) is 11.8. The predicted molar refractivity (Wildman–Crippen MR) is 200 cm³/mol. The number of benzene rings is 7. The van der Waals surface area contributed by atoms with Gasteiger partial charge in [0.1, 0.15) is 11.2 Å². The zero-order valence-electron chi connectivity index (χ0n) is 26.5. The Morgan fingerprint density at radius 2 is 0.816 bits per heavy atom. The maximum atomic E-state index is 6.39. The van der Waals surface area contributed by atoms with Gasteiger partial charge in [-0.2, -0.15) is 0 Å². The smallest absolute Gasteiger partial charge is 0.164 e. The third-order valence-corrected chi connectivity index (χ3v) is 8.97. The van der Waals surface area contributed by atoms with Crippen molar-refractivity contribution in [2.24, 2.45) is 0 Å². The van der Waals surface area contributed by atoms with E-state index in [1.165, 1.54) is 5.56 Å². The van der Waals surface area contributed by atoms with Gasteiger partial charge in [-0.25, -0.2) is 15.0 Å². The van der Waals surface area contributed by atoms with Crippen LogP contribution in [0.1, 0.15) is 0 Å². The van der Waals surface area contributed by atoms with E-state index in [4.69, 9.17) is 19.4 Å². The van der Waals surface area contributed by atoms with Crippen LogP contribution in [0.4, 0.5) is 0 Å². The van der Waals surface area contributed by atoms with E-state index >= 15 is 0 Å². The summed E-state index contributed by atoms with van der Waals surface area (Å²) in [5, 5.41) is 2.21. The number of nitrogens with zero attached hydrogens (tertiary/aromatic N) is 3. The summed E-state index contributed by atoms with van der Waals surface area (Å²) in [6.45, 7) is 0. The number of hydrogen-bond acceptors (Lipinski definition) is 4. The summed E-state index contributed by atoms with van der Waals surface area (Å²) in [5.74, 6) is 1.84. The van der Waals surface area contributed by atoms with Crippen LogP contribution in [-0.2, 0) is 0 Å². The summed E-state index contributed by atoms with van der Waals surface area (Å²) in [4.78, 5) is 15.3. The lowest BCUT2D eigenvalue weighted by Gasteiger charge is -2.13. The molecule has 0 aliphatic carbocycles. The topological polar surface area (TPSA) is 51.8 Å². The molecule has 0 radical (unpaired) electrons. The number of fused-ring (bicyclic) bond motifs is 3. The number of para-hydroxylation sites is 2. The van der Waals surface area contributed by atoms with Gasteiger partial charge in [0.05, 0.1) is 0 Å². The monoisotopic (exact) mass is 627 g/mol. The van der Waals surface area contributed by atoms with Crippen molar-refractivity contribution in [3.05, 3.63) is 176 Å². The van der Waals surface area contributed by atoms with Gasteiger partial charge in [-0.1, -0.05) is 164 Å². The first-order chi connectivity index (χ1) is 24.3. The first-order valence-corrected chi connectivity index (χ1v) is 16.4. The Labute approximate surface area is 284 Å². The quantitative estimate of drug-likeness (QED) is 0.184. The summed E-state index contributed by atoms with van der Waals surface area (Å²) in [6.07, 6.45) is 0. The molecule has 0 fully saturated rings. The molecule has 0 atom stereocenters. The molecule has 2 aromatic heterocycles. The van der Waals surface area contributed by atoms with Gasteiger partial charge in [0, 0.05) is 33.0 Å². The van der Waals surface area contributed by atoms with Gasteiger partial charge in [-0.3, -0.25) is 0 Å². The number of furan rings is 1. The van der Waals surface area contributed by atoms with Gasteiger partial charge in [0.25, 0.3) is 0 Å². The molecular weight excluding hydrogens is 599 g/mol. The summed E-state index contributed by atoms with van der Waals surface area (Å²) in [6, 6.07) is 60.4. The number of aromatic nitrogens is 3. The maximum absolute atomic E-state index is 6.39. The molecule has 9 aromatic rings. The molecule has 0 amide bonds. The molecule has 7 aromatic carbocycles. The van der Waals surface area contributed by atoms with Crippen molar-refractivity contribution in [1.29, 1.82) is 0 Å². The van der Waals surface area contributed by atoms with Gasteiger partial charge >= 0.3 is 0 Å². The highest BCUT2D eigenvalue weighted by molar-refractivity contribution is 6.09. The summed E-state index contributed by atoms with van der Waals surface area (Å²) >= 11 is 0. The van der Waals surface area contributed by atoms with E-state index in [1.54, 1.807) is 0 Å². The molecule has 0 saturated carbocycles. The van der Waals surface area contributed by atoms with E-state index < -0.39 is 0 Å². The van der Waals surface area contributed by atoms with Gasteiger partial charge in [0.2, 0.25) is 0 Å². The first-order valence-electron chi connectivity index (χ1n) is 16.4. The van der Waals surface area contributed by atoms with Gasteiger partial charge in [-0.05, 0) is 39.9 Å². The van der Waals surface area contributed by atoms with E-state index in [0.29, 0.717) is 17.5 Å². The SMILES string of the molecule is c1ccc(-c2ccc(-c3nc(-c4cccc(-c5cccc6c5oc5ccccc56)c4)nc(-c4ccccc4-c4ccccc4)n3)cc2)cc1. The Balaban J connectivity index is 1.20. The zero-order chi connectivity index (χ0) is 32.6. The average Bonchev–Trinajstić information content (AvgIpc) is 3.58. The molecule has 230 valence electrons. The molecule has 4 nitrogen and oxygen atoms in total. The van der Waals surface area contributed by atoms with Crippen molar-refractivity contribution in [3.8, 4) is 67.5 Å². The Kier molecular flexibility index (Phi) is 7.10. The van der Waals surface area contributed by atoms with E-state index in [2.05, 4.69) is 140 Å². The van der Waals surface area contributed by atoms with Crippen molar-refractivity contribution < 1.29 is 4.42 Å². The minimum absolute atomic E-state index is 0.605. The summed E-state index contributed by atoms with van der Waals surface area (Å²) < 4.78 is 6.39. The first kappa shape index (κ1) is 28.6. The second-order valence-corrected chi connectivity index (χ2v) is 12.0. The average molecular weight is 628 g/mol. The highest BCUT2D eigenvalue weighted by atomic mass is 16.3. The highest BCUT2D eigenvalue weighted by Gasteiger charge is 2.17. The fraction of sp³-hybridized carbons (Fsp3) is 0. The van der Waals surface area contributed by atoms with Gasteiger partial charge < -0.3 is 4.42 Å². The van der Waals surface area contributed by atoms with E-state index in [9.17, 15) is 0 Å². The molecule has 0 unspecified atom stereocenters. The number of rotatable bonds is 6. The third kappa shape index (κ3) is 5.35. The molecule has 0 aliphatic rings. The highest BCUT2D eigenvalue weighted by Crippen LogP contribution is 2.37. The fourth-order valence-corrected chi connectivity index (χ4v) is 6.54. The van der Waals surface area contributed by atoms with Crippen LogP contribution >= 0.6 is 0 Å². The minimum Gasteiger partial charge on any atom is -0.455 e. The maximum Gasteiger partial charge on any atom is 0.164 e. The summed E-state index contributed by atoms with van der Waals surface area (Å²) in [5.41, 5.74) is 11.0. The standard InChI is InChI=1S/C45H29N3O/c1-3-13-30(14-4-1)31-25-27-33(28-26-31)43-46-44(48-45(47-43)40-21-8-7-19-36(40)32-15-5-2-6-16-32)35-18-11-17-34(29-35)37-22-12-23-39-38-20-9-10-24-41(38)49-42(37)39/h1-29H. The van der Waals surface area contributed by atoms with Crippen LogP contribution in [0.2, 0.25) is 0 Å². The van der Waals surface area contributed by atoms with Crippen LogP contribution in [0.25, 0.3) is 89.5 Å². The Morgan fingerprint density at radius 1 is 0.306 bits per heavy atom. The van der Waals surface area contributed by atoms with Crippen LogP contribution in [-0.4, -0.2) is 15.0 Å². The van der Waals surface area contributed by atoms with Gasteiger partial charge in [-0.15, -0.1) is 0 Å². The van der Waals surface area contributed by atoms with Crippen molar-refractivity contribution in [2.75, 3.05) is 0 Å². The largest absolute Gasteiger partial charge is 0.455 e. The summed E-state index contributed by atoms with van der Waals surface area (Å²) in [7, 11) is 0. The van der Waals surface area contributed by atoms with Crippen molar-refractivity contribution in [1.82, 2.24) is 15.0 Å². The lowest BCUT2D eigenvalue weighted by atomic mass is 9.98. The van der Waals surface area contributed by atoms with Crippen LogP contribution in [0.15, 0.2) is 180 Å². The Bertz CT molecular complexity index is 2590. The molecular formula is C45H29N3O. The Hall–Kier alpha value is -6.65. The second kappa shape index (κ2) is 12.2. The molecule has 9 rings (SSSR count). The van der Waals surface area contributed by atoms with E-state index in [-0.39, 0.29) is 0 Å². The van der Waals surface area contributed by atoms with E-state index in [0.717, 1.165) is 66.4 Å². The van der Waals surface area contributed by atoms with E-state index in [1.807, 2.05) is 36.4 Å². The molecule has 0 bridgehead atoms. The molecule has 0 spiro atoms. The van der Waals surface area contributed by atoms with Crippen molar-refractivity contribution >= 4 is 21.9 Å². The molecule has 0 saturated heterocycles. The molecule has 0 aliphatic heterocycles. The zero-order valence-corrected chi connectivity index (χ0v) is 26.5. The van der Waals surface area contributed by atoms with Crippen LogP contribution in [0.5, 0.6) is 0 Å². The lowest BCUT2D eigenvalue weighted by molar-refractivity contribution is 0.670. The third-order valence-electron chi connectivity index (χ3n) is 8.97. The minimum atomic E-state index is 0.605. The van der Waals surface area contributed by atoms with Gasteiger partial charge in [0.15, 0.2) is 17.5 Å². The molecule has 0 N–H and O–H groups in total. The Morgan fingerprint density at radius 3 is 1.61 bits per heavy atom. The normalized spacial score (nSPS) is 11.3. The number of hydrogen-bond donors (Lipinski definition) is 0. The fourth-order valence-electron chi connectivity index (χ4n) is 6.54. The van der Waals surface area contributed by atoms with Crippen LogP contribution < -0.4 is 0 Å².